The van der Waals surface area contributed by atoms with Gasteiger partial charge in [-0.2, -0.15) is 13.2 Å². The van der Waals surface area contributed by atoms with E-state index in [0.29, 0.717) is 24.8 Å². The Morgan fingerprint density at radius 2 is 1.95 bits per heavy atom. The standard InChI is InChI=1S/C15H16F4O/c1-9-3-2-4-10(7-9)14(20)11-5-6-13(16)12(8-11)15(17,18)19/h5-6,8-10H,2-4,7H2,1H3. The van der Waals surface area contributed by atoms with E-state index in [1.165, 1.54) is 0 Å². The van der Waals surface area contributed by atoms with E-state index in [4.69, 9.17) is 0 Å². The maximum Gasteiger partial charge on any atom is 0.419 e. The average Bonchev–Trinajstić information content (AvgIpc) is 2.37. The predicted molar refractivity (Wildman–Crippen MR) is 66.9 cm³/mol. The number of ketones is 1. The second-order valence-electron chi connectivity index (χ2n) is 5.53. The zero-order valence-electron chi connectivity index (χ0n) is 11.1. The van der Waals surface area contributed by atoms with Crippen LogP contribution in [0.2, 0.25) is 0 Å². The predicted octanol–water partition coefficient (Wildman–Crippen LogP) is 4.85. The minimum atomic E-state index is -4.78. The van der Waals surface area contributed by atoms with E-state index in [-0.39, 0.29) is 17.3 Å². The van der Waals surface area contributed by atoms with Crippen molar-refractivity contribution in [2.24, 2.45) is 11.8 Å². The van der Waals surface area contributed by atoms with E-state index < -0.39 is 17.6 Å². The van der Waals surface area contributed by atoms with E-state index in [1.807, 2.05) is 6.92 Å². The summed E-state index contributed by atoms with van der Waals surface area (Å²) in [6.07, 6.45) is -1.44. The first-order valence-corrected chi connectivity index (χ1v) is 6.70. The Bertz CT molecular complexity index is 507. The van der Waals surface area contributed by atoms with Crippen LogP contribution in [0, 0.1) is 17.7 Å². The molecule has 1 aromatic carbocycles. The molecule has 20 heavy (non-hydrogen) atoms. The molecular weight excluding hydrogens is 272 g/mol. The van der Waals surface area contributed by atoms with Crippen molar-refractivity contribution in [1.82, 2.24) is 0 Å². The molecule has 0 saturated heterocycles. The molecule has 0 radical (unpaired) electrons. The zero-order valence-corrected chi connectivity index (χ0v) is 11.1. The molecule has 1 nitrogen and oxygen atoms in total. The summed E-state index contributed by atoms with van der Waals surface area (Å²) in [6.45, 7) is 2.03. The lowest BCUT2D eigenvalue weighted by Gasteiger charge is -2.25. The molecule has 1 aliphatic rings. The second-order valence-corrected chi connectivity index (χ2v) is 5.53. The molecule has 5 heteroatoms. The summed E-state index contributed by atoms with van der Waals surface area (Å²) in [5.41, 5.74) is -1.41. The van der Waals surface area contributed by atoms with Crippen LogP contribution >= 0.6 is 0 Å². The number of rotatable bonds is 2. The van der Waals surface area contributed by atoms with Crippen LogP contribution in [-0.4, -0.2) is 5.78 Å². The Morgan fingerprint density at radius 3 is 2.55 bits per heavy atom. The molecule has 2 atom stereocenters. The number of halogens is 4. The first kappa shape index (κ1) is 15.0. The maximum absolute atomic E-state index is 13.2. The number of carbonyl (C=O) groups is 1. The highest BCUT2D eigenvalue weighted by molar-refractivity contribution is 5.98. The molecule has 110 valence electrons. The highest BCUT2D eigenvalue weighted by Gasteiger charge is 2.35. The lowest BCUT2D eigenvalue weighted by atomic mass is 9.78. The highest BCUT2D eigenvalue weighted by atomic mass is 19.4. The van der Waals surface area contributed by atoms with Gasteiger partial charge in [0, 0.05) is 11.5 Å². The van der Waals surface area contributed by atoms with Crippen LogP contribution in [-0.2, 0) is 6.18 Å². The summed E-state index contributed by atoms with van der Waals surface area (Å²) < 4.78 is 51.1. The fraction of sp³-hybridized carbons (Fsp3) is 0.533. The average molecular weight is 288 g/mol. The van der Waals surface area contributed by atoms with E-state index in [2.05, 4.69) is 0 Å². The molecule has 1 aliphatic carbocycles. The number of hydrogen-bond donors (Lipinski definition) is 0. The van der Waals surface area contributed by atoms with Gasteiger partial charge in [-0.25, -0.2) is 4.39 Å². The Morgan fingerprint density at radius 1 is 1.25 bits per heavy atom. The summed E-state index contributed by atoms with van der Waals surface area (Å²) in [4.78, 5) is 12.2. The Balaban J connectivity index is 2.26. The van der Waals surface area contributed by atoms with Crippen molar-refractivity contribution in [3.8, 4) is 0 Å². The van der Waals surface area contributed by atoms with Gasteiger partial charge in [0.1, 0.15) is 5.82 Å². The minimum Gasteiger partial charge on any atom is -0.294 e. The van der Waals surface area contributed by atoms with Gasteiger partial charge in [0.05, 0.1) is 5.56 Å². The van der Waals surface area contributed by atoms with Crippen LogP contribution in [0.4, 0.5) is 17.6 Å². The smallest absolute Gasteiger partial charge is 0.294 e. The third-order valence-corrected chi connectivity index (χ3v) is 3.86. The zero-order chi connectivity index (χ0) is 14.9. The number of hydrogen-bond acceptors (Lipinski definition) is 1. The normalized spacial score (nSPS) is 23.6. The van der Waals surface area contributed by atoms with E-state index in [1.54, 1.807) is 0 Å². The summed E-state index contributed by atoms with van der Waals surface area (Å²) in [5, 5.41) is 0. The lowest BCUT2D eigenvalue weighted by molar-refractivity contribution is -0.140. The second kappa shape index (κ2) is 5.54. The van der Waals surface area contributed by atoms with Crippen molar-refractivity contribution in [3.05, 3.63) is 35.1 Å². The molecule has 1 saturated carbocycles. The van der Waals surface area contributed by atoms with Gasteiger partial charge in [0.25, 0.3) is 0 Å². The SMILES string of the molecule is CC1CCCC(C(=O)c2ccc(F)c(C(F)(F)F)c2)C1. The summed E-state index contributed by atoms with van der Waals surface area (Å²) in [6, 6.07) is 2.51. The van der Waals surface area contributed by atoms with Crippen LogP contribution < -0.4 is 0 Å². The van der Waals surface area contributed by atoms with Crippen molar-refractivity contribution < 1.29 is 22.4 Å². The fourth-order valence-electron chi connectivity index (χ4n) is 2.80. The molecule has 2 rings (SSSR count). The summed E-state index contributed by atoms with van der Waals surface area (Å²) in [5.74, 6) is -1.49. The summed E-state index contributed by atoms with van der Waals surface area (Å²) >= 11 is 0. The Hall–Kier alpha value is -1.39. The Kier molecular flexibility index (Phi) is 4.16. The van der Waals surface area contributed by atoms with Gasteiger partial charge in [-0.05, 0) is 37.0 Å². The van der Waals surface area contributed by atoms with Gasteiger partial charge in [-0.3, -0.25) is 4.79 Å². The van der Waals surface area contributed by atoms with Gasteiger partial charge in [-0.1, -0.05) is 19.8 Å². The quantitative estimate of drug-likeness (QED) is 0.561. The number of benzene rings is 1. The maximum atomic E-state index is 13.2. The number of alkyl halides is 3. The summed E-state index contributed by atoms with van der Waals surface area (Å²) in [7, 11) is 0. The molecule has 0 heterocycles. The molecule has 0 aromatic heterocycles. The van der Waals surface area contributed by atoms with Crippen LogP contribution in [0.1, 0.15) is 48.5 Å². The molecule has 0 amide bonds. The number of Topliss-reactive ketones (excluding diaryl/α,β-unsaturated/α-hetero) is 1. The van der Waals surface area contributed by atoms with Crippen molar-refractivity contribution in [3.63, 3.8) is 0 Å². The molecule has 0 spiro atoms. The fourth-order valence-corrected chi connectivity index (χ4v) is 2.80. The third-order valence-electron chi connectivity index (χ3n) is 3.86. The molecule has 0 N–H and O–H groups in total. The van der Waals surface area contributed by atoms with Crippen LogP contribution in [0.3, 0.4) is 0 Å². The minimum absolute atomic E-state index is 0.0437. The van der Waals surface area contributed by atoms with Gasteiger partial charge >= 0.3 is 6.18 Å². The van der Waals surface area contributed by atoms with Gasteiger partial charge in [0.2, 0.25) is 0 Å². The van der Waals surface area contributed by atoms with Crippen LogP contribution in [0.25, 0.3) is 0 Å². The van der Waals surface area contributed by atoms with Crippen LogP contribution in [0.5, 0.6) is 0 Å². The molecular formula is C15H16F4O. The molecule has 0 bridgehead atoms. The third kappa shape index (κ3) is 3.19. The van der Waals surface area contributed by atoms with Crippen molar-refractivity contribution in [2.75, 3.05) is 0 Å². The van der Waals surface area contributed by atoms with Crippen molar-refractivity contribution >= 4 is 5.78 Å². The first-order chi connectivity index (χ1) is 9.29. The van der Waals surface area contributed by atoms with Crippen molar-refractivity contribution in [1.29, 1.82) is 0 Å². The molecule has 2 unspecified atom stereocenters. The van der Waals surface area contributed by atoms with E-state index >= 15 is 0 Å². The monoisotopic (exact) mass is 288 g/mol. The molecule has 1 fully saturated rings. The van der Waals surface area contributed by atoms with Gasteiger partial charge in [-0.15, -0.1) is 0 Å². The van der Waals surface area contributed by atoms with E-state index in [9.17, 15) is 22.4 Å². The van der Waals surface area contributed by atoms with Gasteiger partial charge < -0.3 is 0 Å². The van der Waals surface area contributed by atoms with Crippen molar-refractivity contribution in [2.45, 2.75) is 38.8 Å². The lowest BCUT2D eigenvalue weighted by Crippen LogP contribution is -2.22. The molecule has 0 aliphatic heterocycles. The van der Waals surface area contributed by atoms with Gasteiger partial charge in [0.15, 0.2) is 5.78 Å². The topological polar surface area (TPSA) is 17.1 Å². The van der Waals surface area contributed by atoms with E-state index in [0.717, 1.165) is 25.0 Å². The highest BCUT2D eigenvalue weighted by Crippen LogP contribution is 2.34. The van der Waals surface area contributed by atoms with Crippen LogP contribution in [0.15, 0.2) is 18.2 Å². The number of carbonyl (C=O) groups excluding carboxylic acids is 1. The Labute approximate surface area is 115 Å². The largest absolute Gasteiger partial charge is 0.419 e. The molecule has 1 aromatic rings. The first-order valence-electron chi connectivity index (χ1n) is 6.70.